The van der Waals surface area contributed by atoms with Gasteiger partial charge in [-0.15, -0.1) is 10.6 Å². The molecule has 1 aromatic rings. The summed E-state index contributed by atoms with van der Waals surface area (Å²) in [5, 5.41) is 13.4. The number of carboxylic acid groups (broad SMARTS) is 1. The Hall–Kier alpha value is -2.09. The number of nitrogens with one attached hydrogen (secondary N) is 1. The number of Topliss-reactive ketones (excluding diaryl/α,β-unsaturated/α-hetero) is 1. The molecule has 0 unspecified atom stereocenters. The lowest BCUT2D eigenvalue weighted by atomic mass is 10.0. The molecule has 1 aromatic carbocycles. The number of benzene rings is 1. The van der Waals surface area contributed by atoms with Gasteiger partial charge in [-0.3, -0.25) is 18.7 Å². The highest BCUT2D eigenvalue weighted by Gasteiger charge is 2.28. The molecule has 0 radical (unpaired) electrons. The maximum atomic E-state index is 12.0. The highest BCUT2D eigenvalue weighted by atomic mass is 32.3. The monoisotopic (exact) mass is 335 g/mol. The number of hydrogen-bond acceptors (Lipinski definition) is 5. The third-order valence-corrected chi connectivity index (χ3v) is 5.52. The molecule has 6 nitrogen and oxygen atoms in total. The molecule has 3 rings (SSSR count). The van der Waals surface area contributed by atoms with E-state index in [0.29, 0.717) is 23.4 Å². The maximum Gasteiger partial charge on any atom is 0.303 e. The summed E-state index contributed by atoms with van der Waals surface area (Å²) >= 11 is 0. The predicted octanol–water partition coefficient (Wildman–Crippen LogP) is 2.87. The number of hydrogen-bond donors (Lipinski definition) is 4. The molecule has 0 aromatic heterocycles. The molecule has 0 spiro atoms. The SMILES string of the molecule is O=C(O)CCC(=O)c1ccc2c(c1)CC(=C1NC=CS1(O)O)C2. The van der Waals surface area contributed by atoms with Gasteiger partial charge in [-0.1, -0.05) is 12.1 Å². The number of allylic oxidation sites excluding steroid dienone is 1. The summed E-state index contributed by atoms with van der Waals surface area (Å²) in [6.45, 7) is 0. The van der Waals surface area contributed by atoms with Gasteiger partial charge in [-0.05, 0) is 35.6 Å². The average molecular weight is 335 g/mol. The van der Waals surface area contributed by atoms with Crippen molar-refractivity contribution in [2.45, 2.75) is 25.7 Å². The van der Waals surface area contributed by atoms with E-state index in [1.165, 1.54) is 11.6 Å². The fourth-order valence-corrected chi connectivity index (χ4v) is 4.06. The molecule has 0 fully saturated rings. The molecule has 0 amide bonds. The first-order valence-electron chi connectivity index (χ1n) is 7.17. The first kappa shape index (κ1) is 15.8. The van der Waals surface area contributed by atoms with E-state index in [2.05, 4.69) is 5.32 Å². The highest BCUT2D eigenvalue weighted by Crippen LogP contribution is 2.53. The topological polar surface area (TPSA) is 107 Å². The zero-order chi connectivity index (χ0) is 16.6. The van der Waals surface area contributed by atoms with Gasteiger partial charge >= 0.3 is 5.97 Å². The summed E-state index contributed by atoms with van der Waals surface area (Å²) in [7, 11) is -2.88. The number of aliphatic carboxylic acids is 1. The molecule has 7 heteroatoms. The number of rotatable bonds is 4. The third kappa shape index (κ3) is 3.17. The van der Waals surface area contributed by atoms with Gasteiger partial charge in [-0.2, -0.15) is 0 Å². The lowest BCUT2D eigenvalue weighted by Crippen LogP contribution is -2.08. The summed E-state index contributed by atoms with van der Waals surface area (Å²) in [6.07, 6.45) is 2.49. The van der Waals surface area contributed by atoms with Crippen molar-refractivity contribution in [1.29, 1.82) is 0 Å². The number of ketones is 1. The molecule has 1 aliphatic carbocycles. The molecule has 0 saturated carbocycles. The van der Waals surface area contributed by atoms with Crippen LogP contribution in [0.3, 0.4) is 0 Å². The minimum Gasteiger partial charge on any atom is -0.481 e. The molecule has 1 aliphatic heterocycles. The zero-order valence-electron chi connectivity index (χ0n) is 12.3. The Kier molecular flexibility index (Phi) is 4.01. The van der Waals surface area contributed by atoms with Crippen LogP contribution in [0.15, 0.2) is 40.4 Å². The Labute approximate surface area is 134 Å². The Morgan fingerprint density at radius 1 is 1.13 bits per heavy atom. The van der Waals surface area contributed by atoms with E-state index < -0.39 is 16.6 Å². The number of carbonyl (C=O) groups is 2. The minimum absolute atomic E-state index is 0.0198. The van der Waals surface area contributed by atoms with Crippen molar-refractivity contribution in [3.05, 3.63) is 57.1 Å². The molecule has 0 saturated heterocycles. The van der Waals surface area contributed by atoms with Crippen molar-refractivity contribution in [1.82, 2.24) is 5.32 Å². The van der Waals surface area contributed by atoms with Crippen LogP contribution in [-0.2, 0) is 17.6 Å². The van der Waals surface area contributed by atoms with Crippen molar-refractivity contribution in [2.24, 2.45) is 0 Å². The standard InChI is InChI=1S/C16H17NO5S/c18-14(3-4-15(19)20)11-2-1-10-7-13(9-12(10)8-11)16-17-5-6-23(16,21)22/h1-2,5-6,8,17,21-22H,3-4,7,9H2,(H,19,20). The lowest BCUT2D eigenvalue weighted by molar-refractivity contribution is -0.136. The van der Waals surface area contributed by atoms with E-state index in [1.54, 1.807) is 12.1 Å². The van der Waals surface area contributed by atoms with Gasteiger partial charge in [0.25, 0.3) is 0 Å². The van der Waals surface area contributed by atoms with Gasteiger partial charge in [0.2, 0.25) is 0 Å². The third-order valence-electron chi connectivity index (χ3n) is 4.00. The molecule has 0 atom stereocenters. The molecule has 122 valence electrons. The van der Waals surface area contributed by atoms with E-state index in [0.717, 1.165) is 16.7 Å². The largest absolute Gasteiger partial charge is 0.481 e. The van der Waals surface area contributed by atoms with Crippen LogP contribution in [0.25, 0.3) is 0 Å². The number of carboxylic acids is 1. The molecule has 4 N–H and O–H groups in total. The van der Waals surface area contributed by atoms with Crippen LogP contribution in [0.5, 0.6) is 0 Å². The van der Waals surface area contributed by atoms with E-state index in [-0.39, 0.29) is 18.6 Å². The first-order chi connectivity index (χ1) is 10.9. The fraction of sp³-hybridized carbons (Fsp3) is 0.250. The van der Waals surface area contributed by atoms with Crippen LogP contribution >= 0.6 is 10.6 Å². The molecule has 0 bridgehead atoms. The summed E-state index contributed by atoms with van der Waals surface area (Å²) in [6, 6.07) is 5.33. The summed E-state index contributed by atoms with van der Waals surface area (Å²) in [4.78, 5) is 22.6. The molecule has 23 heavy (non-hydrogen) atoms. The van der Waals surface area contributed by atoms with Crippen LogP contribution in [0.2, 0.25) is 0 Å². The van der Waals surface area contributed by atoms with Crippen LogP contribution in [-0.4, -0.2) is 26.0 Å². The normalized spacial score (nSPS) is 22.5. The van der Waals surface area contributed by atoms with Crippen molar-refractivity contribution in [3.63, 3.8) is 0 Å². The van der Waals surface area contributed by atoms with E-state index >= 15 is 0 Å². The Balaban J connectivity index is 1.80. The molecular weight excluding hydrogens is 318 g/mol. The minimum atomic E-state index is -2.88. The van der Waals surface area contributed by atoms with Crippen LogP contribution < -0.4 is 5.32 Å². The van der Waals surface area contributed by atoms with Crippen molar-refractivity contribution in [2.75, 3.05) is 0 Å². The van der Waals surface area contributed by atoms with Gasteiger partial charge in [0.15, 0.2) is 5.78 Å². The number of fused-ring (bicyclic) bond motifs is 1. The van der Waals surface area contributed by atoms with E-state index in [4.69, 9.17) is 5.11 Å². The summed E-state index contributed by atoms with van der Waals surface area (Å²) < 4.78 is 20.0. The van der Waals surface area contributed by atoms with E-state index in [9.17, 15) is 18.7 Å². The van der Waals surface area contributed by atoms with Gasteiger partial charge in [0.1, 0.15) is 5.03 Å². The average Bonchev–Trinajstić information content (AvgIpc) is 3.05. The van der Waals surface area contributed by atoms with Crippen LogP contribution in [0, 0.1) is 0 Å². The Bertz CT molecular complexity index is 751. The Morgan fingerprint density at radius 3 is 2.52 bits per heavy atom. The smallest absolute Gasteiger partial charge is 0.303 e. The van der Waals surface area contributed by atoms with Crippen molar-refractivity contribution >= 4 is 22.3 Å². The summed E-state index contributed by atoms with van der Waals surface area (Å²) in [5.74, 6) is -1.18. The van der Waals surface area contributed by atoms with Gasteiger partial charge < -0.3 is 10.4 Å². The second kappa shape index (κ2) is 5.84. The maximum absolute atomic E-state index is 12.0. The van der Waals surface area contributed by atoms with E-state index in [1.807, 2.05) is 6.07 Å². The van der Waals surface area contributed by atoms with Crippen LogP contribution in [0.4, 0.5) is 0 Å². The quantitative estimate of drug-likeness (QED) is 0.630. The Morgan fingerprint density at radius 2 is 1.87 bits per heavy atom. The van der Waals surface area contributed by atoms with Crippen molar-refractivity contribution in [3.8, 4) is 0 Å². The second-order valence-electron chi connectivity index (χ2n) is 5.63. The number of carbonyl (C=O) groups excluding carboxylic acids is 1. The zero-order valence-corrected chi connectivity index (χ0v) is 13.1. The first-order valence-corrected chi connectivity index (χ1v) is 8.78. The highest BCUT2D eigenvalue weighted by molar-refractivity contribution is 8.30. The predicted molar refractivity (Wildman–Crippen MR) is 87.2 cm³/mol. The van der Waals surface area contributed by atoms with Gasteiger partial charge in [0.05, 0.1) is 6.42 Å². The molecule has 1 heterocycles. The second-order valence-corrected chi connectivity index (χ2v) is 7.49. The molecule has 2 aliphatic rings. The molecular formula is C16H17NO5S. The van der Waals surface area contributed by atoms with Crippen LogP contribution in [0.1, 0.15) is 34.3 Å². The lowest BCUT2D eigenvalue weighted by Gasteiger charge is -2.26. The van der Waals surface area contributed by atoms with Gasteiger partial charge in [-0.25, -0.2) is 0 Å². The van der Waals surface area contributed by atoms with Crippen molar-refractivity contribution < 1.29 is 23.8 Å². The van der Waals surface area contributed by atoms with Gasteiger partial charge in [0, 0.05) is 23.6 Å². The summed E-state index contributed by atoms with van der Waals surface area (Å²) in [5.41, 5.74) is 3.42. The fourth-order valence-electron chi connectivity index (χ4n) is 2.86.